The van der Waals surface area contributed by atoms with Gasteiger partial charge < -0.3 is 5.32 Å². The smallest absolute Gasteiger partial charge is 0.321 e. The number of carbonyl (C=O) groups excluding carboxylic acids is 1. The van der Waals surface area contributed by atoms with Crippen LogP contribution in [-0.2, 0) is 6.42 Å². The fourth-order valence-electron chi connectivity index (χ4n) is 1.68. The van der Waals surface area contributed by atoms with E-state index in [1.165, 1.54) is 16.9 Å². The van der Waals surface area contributed by atoms with Crippen LogP contribution in [0.2, 0.25) is 0 Å². The summed E-state index contributed by atoms with van der Waals surface area (Å²) < 4.78 is 0. The lowest BCUT2D eigenvalue weighted by molar-refractivity contribution is 0.248. The molecule has 0 aliphatic carbocycles. The van der Waals surface area contributed by atoms with E-state index >= 15 is 0 Å². The SMILES string of the molecule is CC(CCc1ccccc1)NC(=O)Nc1nncs1. The summed E-state index contributed by atoms with van der Waals surface area (Å²) in [5.74, 6) is 0. The number of rotatable bonds is 5. The van der Waals surface area contributed by atoms with Gasteiger partial charge in [0.25, 0.3) is 0 Å². The lowest BCUT2D eigenvalue weighted by Crippen LogP contribution is -2.36. The zero-order valence-electron chi connectivity index (χ0n) is 10.7. The highest BCUT2D eigenvalue weighted by Gasteiger charge is 2.08. The molecule has 0 saturated heterocycles. The van der Waals surface area contributed by atoms with Crippen molar-refractivity contribution in [1.82, 2.24) is 15.5 Å². The normalized spacial score (nSPS) is 11.8. The lowest BCUT2D eigenvalue weighted by Gasteiger charge is -2.13. The molecule has 100 valence electrons. The number of urea groups is 1. The summed E-state index contributed by atoms with van der Waals surface area (Å²) in [6.45, 7) is 1.99. The van der Waals surface area contributed by atoms with E-state index < -0.39 is 0 Å². The van der Waals surface area contributed by atoms with E-state index in [1.54, 1.807) is 5.51 Å². The quantitative estimate of drug-likeness (QED) is 0.882. The van der Waals surface area contributed by atoms with Crippen LogP contribution < -0.4 is 10.6 Å². The van der Waals surface area contributed by atoms with Crippen LogP contribution in [0.5, 0.6) is 0 Å². The average Bonchev–Trinajstić information content (AvgIpc) is 2.90. The highest BCUT2D eigenvalue weighted by Crippen LogP contribution is 2.08. The fraction of sp³-hybridized carbons (Fsp3) is 0.308. The third-order valence-corrected chi connectivity index (χ3v) is 3.27. The Kier molecular flexibility index (Phi) is 4.85. The van der Waals surface area contributed by atoms with Gasteiger partial charge >= 0.3 is 6.03 Å². The Hall–Kier alpha value is -1.95. The van der Waals surface area contributed by atoms with Crippen LogP contribution >= 0.6 is 11.3 Å². The van der Waals surface area contributed by atoms with E-state index in [-0.39, 0.29) is 12.1 Å². The number of hydrogen-bond donors (Lipinski definition) is 2. The Morgan fingerprint density at radius 2 is 2.16 bits per heavy atom. The van der Waals surface area contributed by atoms with Crippen molar-refractivity contribution in [3.63, 3.8) is 0 Å². The van der Waals surface area contributed by atoms with E-state index in [1.807, 2.05) is 25.1 Å². The predicted molar refractivity (Wildman–Crippen MR) is 76.3 cm³/mol. The zero-order chi connectivity index (χ0) is 13.5. The molecular formula is C13H16N4OS. The first-order valence-electron chi connectivity index (χ1n) is 6.11. The maximum atomic E-state index is 11.6. The van der Waals surface area contributed by atoms with E-state index in [0.717, 1.165) is 12.8 Å². The van der Waals surface area contributed by atoms with Crippen molar-refractivity contribution >= 4 is 22.5 Å². The molecule has 2 amide bonds. The Balaban J connectivity index is 1.72. The van der Waals surface area contributed by atoms with Crippen LogP contribution in [0.1, 0.15) is 18.9 Å². The van der Waals surface area contributed by atoms with Crippen LogP contribution in [0.25, 0.3) is 0 Å². The predicted octanol–water partition coefficient (Wildman–Crippen LogP) is 2.68. The summed E-state index contributed by atoms with van der Waals surface area (Å²) in [5.41, 5.74) is 2.86. The molecule has 0 aliphatic heterocycles. The molecular weight excluding hydrogens is 260 g/mol. The number of aromatic nitrogens is 2. The second-order valence-electron chi connectivity index (χ2n) is 4.27. The number of carbonyl (C=O) groups is 1. The molecule has 1 unspecified atom stereocenters. The number of amides is 2. The second kappa shape index (κ2) is 6.84. The van der Waals surface area contributed by atoms with E-state index in [2.05, 4.69) is 33.0 Å². The number of anilines is 1. The molecule has 2 rings (SSSR count). The third kappa shape index (κ3) is 4.67. The summed E-state index contributed by atoms with van der Waals surface area (Å²) in [6.07, 6.45) is 1.84. The Bertz CT molecular complexity index is 501. The maximum absolute atomic E-state index is 11.6. The minimum atomic E-state index is -0.239. The molecule has 0 aliphatic rings. The topological polar surface area (TPSA) is 66.9 Å². The molecule has 0 saturated carbocycles. The number of hydrogen-bond acceptors (Lipinski definition) is 4. The highest BCUT2D eigenvalue weighted by molar-refractivity contribution is 7.13. The Morgan fingerprint density at radius 1 is 1.37 bits per heavy atom. The van der Waals surface area contributed by atoms with Gasteiger partial charge in [0.05, 0.1) is 0 Å². The van der Waals surface area contributed by atoms with Crippen molar-refractivity contribution in [2.75, 3.05) is 5.32 Å². The first-order chi connectivity index (χ1) is 9.24. The lowest BCUT2D eigenvalue weighted by atomic mass is 10.1. The van der Waals surface area contributed by atoms with Crippen molar-refractivity contribution in [3.8, 4) is 0 Å². The molecule has 0 spiro atoms. The number of nitrogens with one attached hydrogen (secondary N) is 2. The number of nitrogens with zero attached hydrogens (tertiary/aromatic N) is 2. The minimum absolute atomic E-state index is 0.105. The van der Waals surface area contributed by atoms with Crippen LogP contribution in [0, 0.1) is 0 Å². The summed E-state index contributed by atoms with van der Waals surface area (Å²) in [5, 5.41) is 13.4. The molecule has 1 aromatic heterocycles. The average molecular weight is 276 g/mol. The minimum Gasteiger partial charge on any atom is -0.335 e. The van der Waals surface area contributed by atoms with E-state index in [0.29, 0.717) is 5.13 Å². The van der Waals surface area contributed by atoms with Gasteiger partial charge in [0, 0.05) is 6.04 Å². The van der Waals surface area contributed by atoms with Crippen LogP contribution in [0.4, 0.5) is 9.93 Å². The number of aryl methyl sites for hydroxylation is 1. The molecule has 0 radical (unpaired) electrons. The van der Waals surface area contributed by atoms with Crippen LogP contribution in [-0.4, -0.2) is 22.3 Å². The van der Waals surface area contributed by atoms with Crippen molar-refractivity contribution < 1.29 is 4.79 Å². The molecule has 2 aromatic rings. The van der Waals surface area contributed by atoms with Gasteiger partial charge in [-0.1, -0.05) is 41.7 Å². The first kappa shape index (κ1) is 13.5. The first-order valence-corrected chi connectivity index (χ1v) is 6.99. The molecule has 6 heteroatoms. The Morgan fingerprint density at radius 3 is 2.84 bits per heavy atom. The molecule has 1 aromatic carbocycles. The van der Waals surface area contributed by atoms with Crippen molar-refractivity contribution in [3.05, 3.63) is 41.4 Å². The van der Waals surface area contributed by atoms with Gasteiger partial charge in [-0.2, -0.15) is 0 Å². The second-order valence-corrected chi connectivity index (χ2v) is 5.10. The van der Waals surface area contributed by atoms with Gasteiger partial charge in [-0.05, 0) is 25.3 Å². The maximum Gasteiger partial charge on any atom is 0.321 e. The summed E-state index contributed by atoms with van der Waals surface area (Å²) in [7, 11) is 0. The molecule has 5 nitrogen and oxygen atoms in total. The largest absolute Gasteiger partial charge is 0.335 e. The highest BCUT2D eigenvalue weighted by atomic mass is 32.1. The molecule has 1 atom stereocenters. The van der Waals surface area contributed by atoms with Gasteiger partial charge in [0.15, 0.2) is 0 Å². The Labute approximate surface area is 116 Å². The van der Waals surface area contributed by atoms with Crippen molar-refractivity contribution in [2.45, 2.75) is 25.8 Å². The van der Waals surface area contributed by atoms with Gasteiger partial charge in [0.2, 0.25) is 5.13 Å². The van der Waals surface area contributed by atoms with E-state index in [9.17, 15) is 4.79 Å². The van der Waals surface area contributed by atoms with Crippen molar-refractivity contribution in [2.24, 2.45) is 0 Å². The summed E-state index contributed by atoms with van der Waals surface area (Å²) in [6, 6.07) is 10.1. The monoisotopic (exact) mass is 276 g/mol. The zero-order valence-corrected chi connectivity index (χ0v) is 11.5. The van der Waals surface area contributed by atoms with Gasteiger partial charge in [-0.15, -0.1) is 10.2 Å². The molecule has 2 N–H and O–H groups in total. The molecule has 0 bridgehead atoms. The summed E-state index contributed by atoms with van der Waals surface area (Å²) in [4.78, 5) is 11.6. The van der Waals surface area contributed by atoms with Crippen LogP contribution in [0.3, 0.4) is 0 Å². The standard InChI is InChI=1S/C13H16N4OS/c1-10(7-8-11-5-3-2-4-6-11)15-12(18)16-13-17-14-9-19-13/h2-6,9-10H,7-8H2,1H3,(H2,15,16,17,18). The van der Waals surface area contributed by atoms with Crippen LogP contribution in [0.15, 0.2) is 35.8 Å². The van der Waals surface area contributed by atoms with Crippen molar-refractivity contribution in [1.29, 1.82) is 0 Å². The fourth-order valence-corrected chi connectivity index (χ4v) is 2.12. The van der Waals surface area contributed by atoms with Gasteiger partial charge in [-0.25, -0.2) is 4.79 Å². The molecule has 0 fully saturated rings. The molecule has 19 heavy (non-hydrogen) atoms. The third-order valence-electron chi connectivity index (χ3n) is 2.67. The summed E-state index contributed by atoms with van der Waals surface area (Å²) >= 11 is 1.29. The number of benzene rings is 1. The molecule has 1 heterocycles. The van der Waals surface area contributed by atoms with E-state index in [4.69, 9.17) is 0 Å². The van der Waals surface area contributed by atoms with Gasteiger partial charge in [-0.3, -0.25) is 5.32 Å². The van der Waals surface area contributed by atoms with Gasteiger partial charge in [0.1, 0.15) is 5.51 Å².